The van der Waals surface area contributed by atoms with Gasteiger partial charge in [0.1, 0.15) is 23.0 Å². The fourth-order valence-electron chi connectivity index (χ4n) is 3.03. The Hall–Kier alpha value is -3.21. The second-order valence-corrected chi connectivity index (χ2v) is 7.54. The number of alkyl halides is 2. The zero-order valence-corrected chi connectivity index (χ0v) is 17.6. The monoisotopic (exact) mass is 476 g/mol. The molecular weight excluding hydrogens is 460 g/mol. The molecule has 0 spiro atoms. The summed E-state index contributed by atoms with van der Waals surface area (Å²) in [7, 11) is 1.93. The molecule has 0 bridgehead atoms. The van der Waals surface area contributed by atoms with Crippen LogP contribution in [0.1, 0.15) is 33.7 Å². The van der Waals surface area contributed by atoms with Crippen LogP contribution in [0.3, 0.4) is 0 Å². The van der Waals surface area contributed by atoms with Gasteiger partial charge in [-0.3, -0.25) is 9.20 Å². The highest BCUT2D eigenvalue weighted by Gasteiger charge is 2.21. The number of imidazole rings is 1. The molecule has 0 aliphatic rings. The summed E-state index contributed by atoms with van der Waals surface area (Å²) in [6.45, 7) is 2.30. The standard InChI is InChI=1S/C19H16BrF2N7O/c1-11-3-4-12(9-27(11)2)6-24-19(30)13-5-14(18-23-8-16(20)28(18)10-13)29-15(17(21)22)7-25-26-29/h3-5,7-10,17H,6H2,1-2H3/p+1. The number of carbonyl (C=O) groups excluding carboxylic acids is 1. The van der Waals surface area contributed by atoms with Crippen molar-refractivity contribution in [1.29, 1.82) is 0 Å². The molecule has 0 fully saturated rings. The average molecular weight is 477 g/mol. The van der Waals surface area contributed by atoms with E-state index in [1.807, 2.05) is 36.9 Å². The van der Waals surface area contributed by atoms with Crippen LogP contribution >= 0.6 is 15.9 Å². The normalized spacial score (nSPS) is 11.4. The quantitative estimate of drug-likeness (QED) is 0.449. The number of halogens is 3. The van der Waals surface area contributed by atoms with E-state index in [0.717, 1.165) is 22.1 Å². The minimum absolute atomic E-state index is 0.225. The number of pyridine rings is 2. The number of nitrogens with zero attached hydrogens (tertiary/aromatic N) is 6. The van der Waals surface area contributed by atoms with E-state index >= 15 is 0 Å². The maximum Gasteiger partial charge on any atom is 0.282 e. The zero-order chi connectivity index (χ0) is 21.4. The van der Waals surface area contributed by atoms with E-state index in [-0.39, 0.29) is 22.9 Å². The van der Waals surface area contributed by atoms with Gasteiger partial charge in [0, 0.05) is 31.3 Å². The van der Waals surface area contributed by atoms with Crippen molar-refractivity contribution in [2.75, 3.05) is 0 Å². The summed E-state index contributed by atoms with van der Waals surface area (Å²) in [4.78, 5) is 17.1. The highest BCUT2D eigenvalue weighted by atomic mass is 79.9. The molecule has 4 aromatic rings. The number of amides is 1. The van der Waals surface area contributed by atoms with Crippen LogP contribution in [0.5, 0.6) is 0 Å². The SMILES string of the molecule is Cc1ccc(CNC(=O)c2cc(-n3nncc3C(F)F)c3ncc(Br)n3c2)c[n+]1C. The Labute approximate surface area is 178 Å². The van der Waals surface area contributed by atoms with E-state index in [1.165, 1.54) is 12.3 Å². The summed E-state index contributed by atoms with van der Waals surface area (Å²) in [6.07, 6.45) is 3.24. The predicted octanol–water partition coefficient (Wildman–Crippen LogP) is 2.68. The summed E-state index contributed by atoms with van der Waals surface area (Å²) in [6, 6.07) is 5.37. The van der Waals surface area contributed by atoms with Gasteiger partial charge in [-0.1, -0.05) is 5.21 Å². The van der Waals surface area contributed by atoms with Crippen LogP contribution < -0.4 is 9.88 Å². The van der Waals surface area contributed by atoms with E-state index in [9.17, 15) is 13.6 Å². The summed E-state index contributed by atoms with van der Waals surface area (Å²) >= 11 is 3.36. The van der Waals surface area contributed by atoms with Crippen molar-refractivity contribution in [3.8, 4) is 5.69 Å². The molecule has 0 aliphatic heterocycles. The number of hydrogen-bond acceptors (Lipinski definition) is 4. The van der Waals surface area contributed by atoms with E-state index in [2.05, 4.69) is 36.5 Å². The Morgan fingerprint density at radius 2 is 2.13 bits per heavy atom. The molecule has 1 N–H and O–H groups in total. The molecule has 0 saturated heterocycles. The number of hydrogen-bond donors (Lipinski definition) is 1. The number of aryl methyl sites for hydroxylation is 2. The molecule has 11 heteroatoms. The molecule has 1 amide bonds. The lowest BCUT2D eigenvalue weighted by Crippen LogP contribution is -2.33. The van der Waals surface area contributed by atoms with E-state index in [0.29, 0.717) is 16.8 Å². The van der Waals surface area contributed by atoms with Gasteiger partial charge in [-0.2, -0.15) is 0 Å². The largest absolute Gasteiger partial charge is 0.348 e. The lowest BCUT2D eigenvalue weighted by molar-refractivity contribution is -0.678. The summed E-state index contributed by atoms with van der Waals surface area (Å²) in [5, 5.41) is 10.2. The minimum Gasteiger partial charge on any atom is -0.348 e. The first-order valence-electron chi connectivity index (χ1n) is 8.94. The fraction of sp³-hybridized carbons (Fsp3) is 0.211. The number of nitrogens with one attached hydrogen (secondary N) is 1. The molecule has 0 unspecified atom stereocenters. The van der Waals surface area contributed by atoms with Crippen molar-refractivity contribution in [2.45, 2.75) is 19.9 Å². The fourth-order valence-corrected chi connectivity index (χ4v) is 3.40. The molecule has 0 atom stereocenters. The van der Waals surface area contributed by atoms with Crippen LogP contribution in [0.2, 0.25) is 0 Å². The lowest BCUT2D eigenvalue weighted by atomic mass is 10.2. The molecule has 30 heavy (non-hydrogen) atoms. The van der Waals surface area contributed by atoms with Gasteiger partial charge < -0.3 is 5.32 Å². The van der Waals surface area contributed by atoms with Crippen LogP contribution in [-0.4, -0.2) is 30.3 Å². The van der Waals surface area contributed by atoms with Gasteiger partial charge in [-0.25, -0.2) is 23.0 Å². The van der Waals surface area contributed by atoms with Crippen LogP contribution in [0.4, 0.5) is 8.78 Å². The number of fused-ring (bicyclic) bond motifs is 1. The Morgan fingerprint density at radius 3 is 2.87 bits per heavy atom. The van der Waals surface area contributed by atoms with E-state index < -0.39 is 6.43 Å². The second-order valence-electron chi connectivity index (χ2n) is 6.73. The van der Waals surface area contributed by atoms with Crippen molar-refractivity contribution in [3.63, 3.8) is 0 Å². The highest BCUT2D eigenvalue weighted by Crippen LogP contribution is 2.25. The molecule has 0 aromatic carbocycles. The van der Waals surface area contributed by atoms with Crippen molar-refractivity contribution in [1.82, 2.24) is 29.7 Å². The van der Waals surface area contributed by atoms with Crippen molar-refractivity contribution >= 4 is 27.5 Å². The number of carbonyl (C=O) groups is 1. The zero-order valence-electron chi connectivity index (χ0n) is 16.1. The molecule has 0 radical (unpaired) electrons. The topological polar surface area (TPSA) is 81.0 Å². The Kier molecular flexibility index (Phi) is 5.29. The third-order valence-electron chi connectivity index (χ3n) is 4.74. The first-order valence-corrected chi connectivity index (χ1v) is 9.73. The van der Waals surface area contributed by atoms with Gasteiger partial charge in [0.2, 0.25) is 0 Å². The first kappa shape index (κ1) is 20.1. The van der Waals surface area contributed by atoms with E-state index in [4.69, 9.17) is 0 Å². The maximum absolute atomic E-state index is 13.4. The molecule has 154 valence electrons. The minimum atomic E-state index is -2.78. The summed E-state index contributed by atoms with van der Waals surface area (Å²) < 4.78 is 31.8. The maximum atomic E-state index is 13.4. The predicted molar refractivity (Wildman–Crippen MR) is 106 cm³/mol. The van der Waals surface area contributed by atoms with Crippen LogP contribution in [-0.2, 0) is 13.6 Å². The van der Waals surface area contributed by atoms with Gasteiger partial charge in [0.25, 0.3) is 12.3 Å². The third-order valence-corrected chi connectivity index (χ3v) is 5.33. The van der Waals surface area contributed by atoms with Crippen LogP contribution in [0, 0.1) is 6.92 Å². The van der Waals surface area contributed by atoms with Gasteiger partial charge in [-0.05, 0) is 28.1 Å². The van der Waals surface area contributed by atoms with Gasteiger partial charge in [0.05, 0.1) is 18.0 Å². The van der Waals surface area contributed by atoms with Crippen molar-refractivity contribution in [3.05, 3.63) is 70.1 Å². The molecule has 0 aliphatic carbocycles. The van der Waals surface area contributed by atoms with Crippen molar-refractivity contribution < 1.29 is 18.1 Å². The number of aromatic nitrogens is 6. The summed E-state index contributed by atoms with van der Waals surface area (Å²) in [5.41, 5.74) is 2.48. The van der Waals surface area contributed by atoms with Gasteiger partial charge >= 0.3 is 0 Å². The van der Waals surface area contributed by atoms with Gasteiger partial charge in [-0.15, -0.1) is 5.10 Å². The highest BCUT2D eigenvalue weighted by molar-refractivity contribution is 9.10. The van der Waals surface area contributed by atoms with Crippen LogP contribution in [0.25, 0.3) is 11.3 Å². The molecule has 0 saturated carbocycles. The molecule has 4 heterocycles. The smallest absolute Gasteiger partial charge is 0.282 e. The molecule has 4 rings (SSSR count). The Balaban J connectivity index is 1.70. The lowest BCUT2D eigenvalue weighted by Gasteiger charge is -2.11. The van der Waals surface area contributed by atoms with Crippen molar-refractivity contribution in [2.24, 2.45) is 7.05 Å². The summed E-state index contributed by atoms with van der Waals surface area (Å²) in [5.74, 6) is -0.360. The van der Waals surface area contributed by atoms with E-state index in [1.54, 1.807) is 10.6 Å². The molecule has 4 aromatic heterocycles. The Morgan fingerprint density at radius 1 is 1.33 bits per heavy atom. The number of rotatable bonds is 5. The third kappa shape index (κ3) is 3.67. The van der Waals surface area contributed by atoms with Crippen LogP contribution in [0.15, 0.2) is 47.6 Å². The average Bonchev–Trinajstić information content (AvgIpc) is 3.35. The first-order chi connectivity index (χ1) is 14.3. The molecule has 8 nitrogen and oxygen atoms in total. The second kappa shape index (κ2) is 7.90. The van der Waals surface area contributed by atoms with Gasteiger partial charge in [0.15, 0.2) is 17.5 Å². The molecular formula is C19H17BrF2N7O+. The Bertz CT molecular complexity index is 1250.